The van der Waals surface area contributed by atoms with Gasteiger partial charge in [0.15, 0.2) is 0 Å². The Morgan fingerprint density at radius 2 is 1.82 bits per heavy atom. The summed E-state index contributed by atoms with van der Waals surface area (Å²) in [6.07, 6.45) is 2.11. The molecule has 2 N–H and O–H groups in total. The molecule has 0 aromatic heterocycles. The molecule has 28 heavy (non-hydrogen) atoms. The van der Waals surface area contributed by atoms with Gasteiger partial charge in [-0.05, 0) is 49.1 Å². The maximum Gasteiger partial charge on any atom is 0.317 e. The highest BCUT2D eigenvalue weighted by Crippen LogP contribution is 2.23. The van der Waals surface area contributed by atoms with E-state index in [9.17, 15) is 9.59 Å². The number of nitrogens with zero attached hydrogens (tertiary/aromatic N) is 1. The van der Waals surface area contributed by atoms with E-state index in [2.05, 4.69) is 10.6 Å². The number of carbonyl (C=O) groups is 2. The van der Waals surface area contributed by atoms with Crippen LogP contribution in [0.3, 0.4) is 0 Å². The zero-order valence-corrected chi connectivity index (χ0v) is 16.8. The SMILES string of the molecule is CCC(NC(=O)N1CCC(C(=O)Nc2ccccc2)CC1)c1cccc(Cl)c1. The Labute approximate surface area is 171 Å². The van der Waals surface area contributed by atoms with Crippen molar-refractivity contribution in [2.75, 3.05) is 18.4 Å². The molecule has 1 saturated heterocycles. The zero-order chi connectivity index (χ0) is 19.9. The minimum Gasteiger partial charge on any atom is -0.331 e. The van der Waals surface area contributed by atoms with Crippen molar-refractivity contribution in [2.24, 2.45) is 5.92 Å². The minimum absolute atomic E-state index is 0.0246. The lowest BCUT2D eigenvalue weighted by molar-refractivity contribution is -0.121. The van der Waals surface area contributed by atoms with Gasteiger partial charge in [-0.25, -0.2) is 4.79 Å². The average Bonchev–Trinajstić information content (AvgIpc) is 2.72. The maximum absolute atomic E-state index is 12.7. The van der Waals surface area contributed by atoms with Crippen molar-refractivity contribution in [1.29, 1.82) is 0 Å². The molecule has 2 aromatic carbocycles. The third-order valence-corrected chi connectivity index (χ3v) is 5.39. The van der Waals surface area contributed by atoms with Crippen LogP contribution in [-0.2, 0) is 4.79 Å². The second-order valence-corrected chi connectivity index (χ2v) is 7.52. The molecule has 1 fully saturated rings. The normalized spacial score (nSPS) is 15.7. The lowest BCUT2D eigenvalue weighted by Gasteiger charge is -2.32. The molecule has 5 nitrogen and oxygen atoms in total. The lowest BCUT2D eigenvalue weighted by Crippen LogP contribution is -2.47. The molecule has 0 spiro atoms. The predicted molar refractivity (Wildman–Crippen MR) is 112 cm³/mol. The fourth-order valence-corrected chi connectivity index (χ4v) is 3.69. The van der Waals surface area contributed by atoms with E-state index in [-0.39, 0.29) is 23.9 Å². The number of para-hydroxylation sites is 1. The van der Waals surface area contributed by atoms with Crippen molar-refractivity contribution >= 4 is 29.2 Å². The van der Waals surface area contributed by atoms with Crippen LogP contribution in [0.1, 0.15) is 37.8 Å². The van der Waals surface area contributed by atoms with Gasteiger partial charge in [0, 0.05) is 29.7 Å². The summed E-state index contributed by atoms with van der Waals surface area (Å²) in [7, 11) is 0. The highest BCUT2D eigenvalue weighted by molar-refractivity contribution is 6.30. The molecule has 1 unspecified atom stereocenters. The number of halogens is 1. The summed E-state index contributed by atoms with van der Waals surface area (Å²) >= 11 is 6.07. The van der Waals surface area contributed by atoms with Crippen LogP contribution in [0.4, 0.5) is 10.5 Å². The molecule has 1 heterocycles. The van der Waals surface area contributed by atoms with Gasteiger partial charge in [-0.2, -0.15) is 0 Å². The fourth-order valence-electron chi connectivity index (χ4n) is 3.50. The molecule has 0 radical (unpaired) electrons. The Kier molecular flexibility index (Phi) is 6.93. The van der Waals surface area contributed by atoms with E-state index < -0.39 is 0 Å². The van der Waals surface area contributed by atoms with Gasteiger partial charge in [0.2, 0.25) is 5.91 Å². The van der Waals surface area contributed by atoms with Crippen LogP contribution in [0.2, 0.25) is 5.02 Å². The summed E-state index contributed by atoms with van der Waals surface area (Å²) in [5, 5.41) is 6.71. The van der Waals surface area contributed by atoms with Crippen LogP contribution in [0.15, 0.2) is 54.6 Å². The molecular formula is C22H26ClN3O2. The standard InChI is InChI=1S/C22H26ClN3O2/c1-2-20(17-7-6-8-18(23)15-17)25-22(28)26-13-11-16(12-14-26)21(27)24-19-9-4-3-5-10-19/h3-10,15-16,20H,2,11-14H2,1H3,(H,24,27)(H,25,28). The number of likely N-dealkylation sites (tertiary alicyclic amines) is 1. The number of hydrogen-bond donors (Lipinski definition) is 2. The van der Waals surface area contributed by atoms with Crippen molar-refractivity contribution < 1.29 is 9.59 Å². The quantitative estimate of drug-likeness (QED) is 0.754. The van der Waals surface area contributed by atoms with Crippen LogP contribution in [0.5, 0.6) is 0 Å². The molecule has 0 bridgehead atoms. The Morgan fingerprint density at radius 1 is 1.11 bits per heavy atom. The van der Waals surface area contributed by atoms with Crippen LogP contribution in [0.25, 0.3) is 0 Å². The Balaban J connectivity index is 1.51. The van der Waals surface area contributed by atoms with Crippen molar-refractivity contribution in [3.05, 3.63) is 65.2 Å². The third-order valence-electron chi connectivity index (χ3n) is 5.15. The molecule has 6 heteroatoms. The first kappa shape index (κ1) is 20.2. The summed E-state index contributed by atoms with van der Waals surface area (Å²) in [6, 6.07) is 16.9. The van der Waals surface area contributed by atoms with Crippen LogP contribution >= 0.6 is 11.6 Å². The molecule has 148 valence electrons. The molecular weight excluding hydrogens is 374 g/mol. The summed E-state index contributed by atoms with van der Waals surface area (Å²) in [5.74, 6) is -0.0456. The second kappa shape index (κ2) is 9.60. The van der Waals surface area contributed by atoms with E-state index >= 15 is 0 Å². The smallest absolute Gasteiger partial charge is 0.317 e. The third kappa shape index (κ3) is 5.26. The fraction of sp³-hybridized carbons (Fsp3) is 0.364. The average molecular weight is 400 g/mol. The molecule has 0 saturated carbocycles. The number of nitrogens with one attached hydrogen (secondary N) is 2. The molecule has 1 aliphatic rings. The van der Waals surface area contributed by atoms with Gasteiger partial charge in [0.05, 0.1) is 6.04 Å². The van der Waals surface area contributed by atoms with E-state index in [1.54, 1.807) is 4.90 Å². The largest absolute Gasteiger partial charge is 0.331 e. The summed E-state index contributed by atoms with van der Waals surface area (Å²) in [6.45, 7) is 3.18. The Morgan fingerprint density at radius 3 is 2.46 bits per heavy atom. The number of amides is 3. The minimum atomic E-state index is -0.0891. The van der Waals surface area contributed by atoms with E-state index in [1.807, 2.05) is 61.5 Å². The van der Waals surface area contributed by atoms with Crippen molar-refractivity contribution in [3.8, 4) is 0 Å². The molecule has 0 aliphatic carbocycles. The number of hydrogen-bond acceptors (Lipinski definition) is 2. The predicted octanol–water partition coefficient (Wildman–Crippen LogP) is 4.85. The van der Waals surface area contributed by atoms with Crippen LogP contribution in [0, 0.1) is 5.92 Å². The molecule has 3 amide bonds. The van der Waals surface area contributed by atoms with Gasteiger partial charge in [-0.15, -0.1) is 0 Å². The van der Waals surface area contributed by atoms with E-state index in [4.69, 9.17) is 11.6 Å². The van der Waals surface area contributed by atoms with Gasteiger partial charge in [0.25, 0.3) is 0 Å². The van der Waals surface area contributed by atoms with E-state index in [1.165, 1.54) is 0 Å². The second-order valence-electron chi connectivity index (χ2n) is 7.08. The number of anilines is 1. The van der Waals surface area contributed by atoms with Gasteiger partial charge < -0.3 is 15.5 Å². The number of urea groups is 1. The number of benzene rings is 2. The summed E-state index contributed by atoms with van der Waals surface area (Å²) in [5.41, 5.74) is 1.81. The first-order valence-electron chi connectivity index (χ1n) is 9.73. The molecule has 1 aliphatic heterocycles. The first-order chi connectivity index (χ1) is 13.6. The van der Waals surface area contributed by atoms with Gasteiger partial charge in [-0.1, -0.05) is 48.9 Å². The highest BCUT2D eigenvalue weighted by Gasteiger charge is 2.28. The Bertz CT molecular complexity index is 804. The van der Waals surface area contributed by atoms with Gasteiger partial charge in [-0.3, -0.25) is 4.79 Å². The van der Waals surface area contributed by atoms with E-state index in [0.29, 0.717) is 31.0 Å². The number of rotatable bonds is 5. The van der Waals surface area contributed by atoms with Gasteiger partial charge >= 0.3 is 6.03 Å². The maximum atomic E-state index is 12.7. The Hall–Kier alpha value is -2.53. The van der Waals surface area contributed by atoms with E-state index in [0.717, 1.165) is 17.7 Å². The van der Waals surface area contributed by atoms with Crippen molar-refractivity contribution in [3.63, 3.8) is 0 Å². The van der Waals surface area contributed by atoms with Crippen LogP contribution in [-0.4, -0.2) is 29.9 Å². The zero-order valence-electron chi connectivity index (χ0n) is 16.0. The number of piperidine rings is 1. The lowest BCUT2D eigenvalue weighted by atomic mass is 9.96. The molecule has 2 aromatic rings. The topological polar surface area (TPSA) is 61.4 Å². The van der Waals surface area contributed by atoms with Crippen molar-refractivity contribution in [2.45, 2.75) is 32.2 Å². The molecule has 3 rings (SSSR count). The monoisotopic (exact) mass is 399 g/mol. The van der Waals surface area contributed by atoms with Gasteiger partial charge in [0.1, 0.15) is 0 Å². The van der Waals surface area contributed by atoms with Crippen LogP contribution < -0.4 is 10.6 Å². The van der Waals surface area contributed by atoms with Crippen molar-refractivity contribution in [1.82, 2.24) is 10.2 Å². The highest BCUT2D eigenvalue weighted by atomic mass is 35.5. The number of carbonyl (C=O) groups excluding carboxylic acids is 2. The first-order valence-corrected chi connectivity index (χ1v) is 10.1. The summed E-state index contributed by atoms with van der Waals surface area (Å²) in [4.78, 5) is 26.9. The summed E-state index contributed by atoms with van der Waals surface area (Å²) < 4.78 is 0. The molecule has 1 atom stereocenters.